The fourth-order valence-electron chi connectivity index (χ4n) is 6.71. The number of likely N-dealkylation sites (tertiary alicyclic amines) is 1. The largest absolute Gasteiger partial charge is 0.505 e. The van der Waals surface area contributed by atoms with Crippen molar-refractivity contribution >= 4 is 34.9 Å². The van der Waals surface area contributed by atoms with Crippen LogP contribution in [0.2, 0.25) is 5.02 Å². The molecule has 0 aliphatic carbocycles. The Balaban J connectivity index is 1.16. The number of aromatic hydroxyl groups is 1. The summed E-state index contributed by atoms with van der Waals surface area (Å²) in [5, 5.41) is 17.0. The van der Waals surface area contributed by atoms with Gasteiger partial charge in [0.15, 0.2) is 11.5 Å². The van der Waals surface area contributed by atoms with Gasteiger partial charge in [-0.3, -0.25) is 14.4 Å². The summed E-state index contributed by atoms with van der Waals surface area (Å²) in [6, 6.07) is 12.4. The molecule has 4 aromatic heterocycles. The van der Waals surface area contributed by atoms with Gasteiger partial charge in [0.1, 0.15) is 24.2 Å². The lowest BCUT2D eigenvalue weighted by Crippen LogP contribution is -2.47. The number of hydrogen-bond acceptors (Lipinski definition) is 10. The van der Waals surface area contributed by atoms with Gasteiger partial charge in [0, 0.05) is 30.4 Å². The first-order valence-electron chi connectivity index (χ1n) is 16.2. The van der Waals surface area contributed by atoms with Crippen LogP contribution in [-0.4, -0.2) is 64.0 Å². The molecule has 2 aromatic carbocycles. The number of anilines is 1. The normalized spacial score (nSPS) is 15.2. The van der Waals surface area contributed by atoms with E-state index in [0.717, 1.165) is 16.6 Å². The van der Waals surface area contributed by atoms with Crippen molar-refractivity contribution in [3.63, 3.8) is 0 Å². The van der Waals surface area contributed by atoms with Gasteiger partial charge in [-0.05, 0) is 55.3 Å². The second-order valence-corrected chi connectivity index (χ2v) is 12.9. The van der Waals surface area contributed by atoms with Crippen LogP contribution in [0.4, 0.5) is 18.9 Å². The Morgan fingerprint density at radius 3 is 2.45 bits per heavy atom. The van der Waals surface area contributed by atoms with E-state index in [9.17, 15) is 32.7 Å². The maximum absolute atomic E-state index is 14.3. The number of halogens is 4. The summed E-state index contributed by atoms with van der Waals surface area (Å²) in [5.74, 6) is -0.795. The highest BCUT2D eigenvalue weighted by molar-refractivity contribution is 6.33. The zero-order chi connectivity index (χ0) is 37.1. The van der Waals surface area contributed by atoms with Crippen molar-refractivity contribution in [1.29, 1.82) is 0 Å². The molecule has 2 amide bonds. The van der Waals surface area contributed by atoms with Crippen LogP contribution in [0.25, 0.3) is 28.6 Å². The van der Waals surface area contributed by atoms with E-state index in [1.165, 1.54) is 40.3 Å². The molecule has 1 saturated heterocycles. The molecule has 0 unspecified atom stereocenters. The number of aromatic nitrogens is 6. The number of rotatable bonds is 6. The van der Waals surface area contributed by atoms with Gasteiger partial charge in [-0.2, -0.15) is 22.7 Å². The number of carbonyl (C=O) groups excluding carboxylic acids is 2. The van der Waals surface area contributed by atoms with Crippen molar-refractivity contribution in [3.8, 4) is 28.6 Å². The second kappa shape index (κ2) is 12.9. The molecule has 0 atom stereocenters. The fourth-order valence-corrected chi connectivity index (χ4v) is 6.93. The highest BCUT2D eigenvalue weighted by Gasteiger charge is 2.48. The van der Waals surface area contributed by atoms with Crippen LogP contribution >= 0.6 is 11.6 Å². The number of nitrogens with one attached hydrogen (secondary N) is 1. The first kappa shape index (κ1) is 34.0. The van der Waals surface area contributed by atoms with Crippen LogP contribution in [0, 0.1) is 0 Å². The molecular formula is C35H26ClF3N8O6. The Morgan fingerprint density at radius 2 is 1.77 bits per heavy atom. The van der Waals surface area contributed by atoms with Crippen LogP contribution in [0.1, 0.15) is 40.2 Å². The Morgan fingerprint density at radius 1 is 1.02 bits per heavy atom. The molecule has 2 N–H and O–H groups in total. The average molecular weight is 747 g/mol. The van der Waals surface area contributed by atoms with Crippen LogP contribution in [0.15, 0.2) is 82.5 Å². The number of piperidine rings is 1. The molecule has 2 aliphatic rings. The Kier molecular flexibility index (Phi) is 8.26. The minimum atomic E-state index is -4.63. The third kappa shape index (κ3) is 6.06. The predicted molar refractivity (Wildman–Crippen MR) is 181 cm³/mol. The zero-order valence-corrected chi connectivity index (χ0v) is 28.1. The molecule has 6 heterocycles. The molecule has 270 valence electrons. The number of alkyl halides is 3. The van der Waals surface area contributed by atoms with E-state index in [-0.39, 0.29) is 71.9 Å². The van der Waals surface area contributed by atoms with Gasteiger partial charge in [0.25, 0.3) is 11.5 Å². The van der Waals surface area contributed by atoms with Gasteiger partial charge in [0.05, 0.1) is 40.3 Å². The molecule has 8 rings (SSSR count). The van der Waals surface area contributed by atoms with Crippen LogP contribution in [0.5, 0.6) is 5.75 Å². The van der Waals surface area contributed by atoms with E-state index in [2.05, 4.69) is 25.4 Å². The predicted octanol–water partition coefficient (Wildman–Crippen LogP) is 5.29. The molecule has 1 spiro atoms. The number of oxazole rings is 1. The number of pyridine rings is 1. The highest BCUT2D eigenvalue weighted by atomic mass is 35.5. The maximum Gasteiger partial charge on any atom is 0.416 e. The molecule has 0 saturated carbocycles. The van der Waals surface area contributed by atoms with Gasteiger partial charge >= 0.3 is 6.18 Å². The van der Waals surface area contributed by atoms with Gasteiger partial charge < -0.3 is 29.0 Å². The molecule has 6 aromatic rings. The number of benzene rings is 2. The zero-order valence-electron chi connectivity index (χ0n) is 27.3. The number of ether oxygens (including phenoxy) is 1. The number of amides is 2. The number of carbonyl (C=O) groups is 2. The van der Waals surface area contributed by atoms with Crippen molar-refractivity contribution in [2.45, 2.75) is 37.8 Å². The first-order chi connectivity index (χ1) is 25.4. The van der Waals surface area contributed by atoms with Gasteiger partial charge in [-0.15, -0.1) is 5.10 Å². The van der Waals surface area contributed by atoms with E-state index < -0.39 is 41.3 Å². The van der Waals surface area contributed by atoms with E-state index in [1.807, 2.05) is 0 Å². The molecule has 0 bridgehead atoms. The summed E-state index contributed by atoms with van der Waals surface area (Å²) in [4.78, 5) is 55.4. The highest BCUT2D eigenvalue weighted by Crippen LogP contribution is 2.43. The van der Waals surface area contributed by atoms with Gasteiger partial charge in [-0.25, -0.2) is 9.97 Å². The van der Waals surface area contributed by atoms with Crippen LogP contribution in [0.3, 0.4) is 0 Å². The Bertz CT molecular complexity index is 2460. The summed E-state index contributed by atoms with van der Waals surface area (Å²) >= 11 is 6.12. The lowest BCUT2D eigenvalue weighted by molar-refractivity contribution is -0.137. The summed E-state index contributed by atoms with van der Waals surface area (Å²) in [6.07, 6.45) is 0.155. The van der Waals surface area contributed by atoms with E-state index in [0.29, 0.717) is 28.8 Å². The fraction of sp³-hybridized carbons (Fsp3) is 0.229. The lowest BCUT2D eigenvalue weighted by Gasteiger charge is -2.38. The van der Waals surface area contributed by atoms with E-state index in [4.69, 9.17) is 20.8 Å². The SMILES string of the molecule is O=C(Cn1c2c(c(=O)n3nc(-c4ccc(-c5ncco5)cc4)nc13)C1(CCN(C(=O)c3ncccc3O)CC1)OC2)Nc1ccc(C(F)(F)F)cc1Cl. The third-order valence-electron chi connectivity index (χ3n) is 9.33. The molecule has 2 aliphatic heterocycles. The molecule has 14 nitrogen and oxygen atoms in total. The molecule has 1 fully saturated rings. The summed E-state index contributed by atoms with van der Waals surface area (Å²) in [6.45, 7) is -0.193. The molecule has 0 radical (unpaired) electrons. The van der Waals surface area contributed by atoms with E-state index >= 15 is 0 Å². The standard InChI is InChI=1S/C35H26ClF3N8O6/c36-22-16-21(35(37,38)39)7-8-23(22)42-26(49)17-46-24-18-53-34(9-13-45(14-10-34)32(51)28-25(48)2-1-11-40-28)27(24)31(50)47-33(46)43-29(44-47)19-3-5-20(6-4-19)30-41-12-15-52-30/h1-8,11-12,15-16,48H,9-10,13-14,17-18H2,(H,42,49). The third-order valence-corrected chi connectivity index (χ3v) is 9.65. The van der Waals surface area contributed by atoms with Gasteiger partial charge in [-0.1, -0.05) is 23.7 Å². The smallest absolute Gasteiger partial charge is 0.416 e. The van der Waals surface area contributed by atoms with Crippen LogP contribution < -0.4 is 10.9 Å². The number of nitrogens with zero attached hydrogens (tertiary/aromatic N) is 7. The van der Waals surface area contributed by atoms with Gasteiger partial charge in [0.2, 0.25) is 17.6 Å². The maximum atomic E-state index is 14.3. The second-order valence-electron chi connectivity index (χ2n) is 12.5. The molecule has 53 heavy (non-hydrogen) atoms. The van der Waals surface area contributed by atoms with Crippen molar-refractivity contribution in [3.05, 3.63) is 111 Å². The quantitative estimate of drug-likeness (QED) is 0.229. The Labute approximate surface area is 301 Å². The summed E-state index contributed by atoms with van der Waals surface area (Å²) in [7, 11) is 0. The summed E-state index contributed by atoms with van der Waals surface area (Å²) in [5.41, 5.74) is -0.941. The van der Waals surface area contributed by atoms with Crippen molar-refractivity contribution in [1.82, 2.24) is 34.0 Å². The minimum absolute atomic E-state index is 0.0214. The molecular weight excluding hydrogens is 721 g/mol. The monoisotopic (exact) mass is 746 g/mol. The first-order valence-corrected chi connectivity index (χ1v) is 16.6. The number of fused-ring (bicyclic) bond motifs is 3. The topological polar surface area (TPSA) is 170 Å². The Hall–Kier alpha value is -6.07. The van der Waals surface area contributed by atoms with E-state index in [1.54, 1.807) is 24.3 Å². The average Bonchev–Trinajstić information content (AvgIpc) is 3.92. The molecule has 18 heteroatoms. The van der Waals surface area contributed by atoms with Crippen molar-refractivity contribution in [2.24, 2.45) is 0 Å². The lowest BCUT2D eigenvalue weighted by atomic mass is 9.85. The van der Waals surface area contributed by atoms with Crippen molar-refractivity contribution < 1.29 is 37.0 Å². The minimum Gasteiger partial charge on any atom is -0.505 e. The van der Waals surface area contributed by atoms with Crippen molar-refractivity contribution in [2.75, 3.05) is 18.4 Å². The summed E-state index contributed by atoms with van der Waals surface area (Å²) < 4.78 is 54.0. The van der Waals surface area contributed by atoms with Crippen LogP contribution in [-0.2, 0) is 34.5 Å². The number of hydrogen-bond donors (Lipinski definition) is 2.